The third kappa shape index (κ3) is 3.17. The number of nitrogens with zero attached hydrogens (tertiary/aromatic N) is 3. The molecule has 1 aromatic carbocycles. The number of hydrogen-bond donors (Lipinski definition) is 0. The predicted molar refractivity (Wildman–Crippen MR) is 90.6 cm³/mol. The van der Waals surface area contributed by atoms with Crippen molar-refractivity contribution >= 4 is 23.2 Å². The first-order chi connectivity index (χ1) is 11.6. The minimum Gasteiger partial charge on any atom is -0.496 e. The standard InChI is InChI=1S/C17H19N3O3S/c1-11-16(24-19-18-11)17(22)20-9-5-6-12(10-20)15(21)13-7-3-4-8-14(13)23-2/h3-4,7-8,12H,5-6,9-10H2,1-2H3/t12-/m0/s1. The zero-order valence-electron chi connectivity index (χ0n) is 13.7. The fraction of sp³-hybridized carbons (Fsp3) is 0.412. The van der Waals surface area contributed by atoms with Crippen LogP contribution in [0.5, 0.6) is 5.75 Å². The number of ether oxygens (including phenoxy) is 1. The molecule has 1 atom stereocenters. The van der Waals surface area contributed by atoms with Gasteiger partial charge in [0.05, 0.1) is 18.4 Å². The second kappa shape index (κ2) is 7.09. The quantitative estimate of drug-likeness (QED) is 0.797. The van der Waals surface area contributed by atoms with E-state index in [-0.39, 0.29) is 17.6 Å². The van der Waals surface area contributed by atoms with Gasteiger partial charge in [0.15, 0.2) is 5.78 Å². The summed E-state index contributed by atoms with van der Waals surface area (Å²) >= 11 is 1.11. The first-order valence-electron chi connectivity index (χ1n) is 7.87. The Labute approximate surface area is 144 Å². The van der Waals surface area contributed by atoms with E-state index >= 15 is 0 Å². The third-order valence-electron chi connectivity index (χ3n) is 4.30. The molecule has 6 nitrogen and oxygen atoms in total. The summed E-state index contributed by atoms with van der Waals surface area (Å²) in [6, 6.07) is 7.23. The molecule has 2 heterocycles. The molecule has 24 heavy (non-hydrogen) atoms. The van der Waals surface area contributed by atoms with E-state index in [0.717, 1.165) is 24.4 Å². The zero-order chi connectivity index (χ0) is 17.1. The average Bonchev–Trinajstić information content (AvgIpc) is 3.06. The molecule has 126 valence electrons. The van der Waals surface area contributed by atoms with Gasteiger partial charge in [0.25, 0.3) is 5.91 Å². The Hall–Kier alpha value is -2.28. The molecule has 0 bridgehead atoms. The number of aryl methyl sites for hydroxylation is 1. The maximum atomic E-state index is 12.9. The van der Waals surface area contributed by atoms with Crippen LogP contribution in [0, 0.1) is 12.8 Å². The molecule has 1 amide bonds. The molecule has 1 saturated heterocycles. The van der Waals surface area contributed by atoms with E-state index in [1.165, 1.54) is 0 Å². The summed E-state index contributed by atoms with van der Waals surface area (Å²) in [4.78, 5) is 27.8. The fourth-order valence-corrected chi connectivity index (χ4v) is 3.64. The average molecular weight is 345 g/mol. The van der Waals surface area contributed by atoms with Crippen LogP contribution in [0.3, 0.4) is 0 Å². The summed E-state index contributed by atoms with van der Waals surface area (Å²) in [5.74, 6) is 0.317. The van der Waals surface area contributed by atoms with Crippen molar-refractivity contribution in [3.8, 4) is 5.75 Å². The summed E-state index contributed by atoms with van der Waals surface area (Å²) in [6.45, 7) is 2.86. The van der Waals surface area contributed by atoms with Crippen LogP contribution in [-0.2, 0) is 0 Å². The summed E-state index contributed by atoms with van der Waals surface area (Å²) < 4.78 is 9.11. The Morgan fingerprint density at radius 3 is 2.83 bits per heavy atom. The summed E-state index contributed by atoms with van der Waals surface area (Å²) in [5, 5.41) is 3.89. The van der Waals surface area contributed by atoms with Crippen LogP contribution in [-0.4, -0.2) is 46.4 Å². The SMILES string of the molecule is COc1ccccc1C(=O)[C@H]1CCCN(C(=O)c2snnc2C)C1. The molecule has 0 unspecified atom stereocenters. The number of likely N-dealkylation sites (tertiary alicyclic amines) is 1. The first kappa shape index (κ1) is 16.6. The smallest absolute Gasteiger partial charge is 0.267 e. The molecule has 7 heteroatoms. The van der Waals surface area contributed by atoms with Gasteiger partial charge in [0.1, 0.15) is 10.6 Å². The lowest BCUT2D eigenvalue weighted by Crippen LogP contribution is -2.42. The molecule has 0 spiro atoms. The molecule has 2 aromatic rings. The van der Waals surface area contributed by atoms with Crippen molar-refractivity contribution in [3.63, 3.8) is 0 Å². The number of benzene rings is 1. The normalized spacial score (nSPS) is 17.6. The molecule has 1 aliphatic rings. The van der Waals surface area contributed by atoms with Crippen LogP contribution in [0.1, 0.15) is 38.6 Å². The third-order valence-corrected chi connectivity index (χ3v) is 5.11. The van der Waals surface area contributed by atoms with Crippen LogP contribution in [0.2, 0.25) is 0 Å². The molecule has 1 fully saturated rings. The minimum absolute atomic E-state index is 0.0316. The van der Waals surface area contributed by atoms with Gasteiger partial charge in [-0.15, -0.1) is 5.10 Å². The van der Waals surface area contributed by atoms with Gasteiger partial charge >= 0.3 is 0 Å². The van der Waals surface area contributed by atoms with Crippen molar-refractivity contribution in [2.75, 3.05) is 20.2 Å². The molecule has 3 rings (SSSR count). The van der Waals surface area contributed by atoms with Crippen LogP contribution >= 0.6 is 11.5 Å². The first-order valence-corrected chi connectivity index (χ1v) is 8.64. The zero-order valence-corrected chi connectivity index (χ0v) is 14.5. The van der Waals surface area contributed by atoms with Gasteiger partial charge in [-0.05, 0) is 43.4 Å². The number of carbonyl (C=O) groups excluding carboxylic acids is 2. The van der Waals surface area contributed by atoms with Crippen LogP contribution in [0.4, 0.5) is 0 Å². The number of ketones is 1. The number of hydrogen-bond acceptors (Lipinski definition) is 6. The molecule has 0 N–H and O–H groups in total. The lowest BCUT2D eigenvalue weighted by molar-refractivity contribution is 0.0639. The van der Waals surface area contributed by atoms with Crippen molar-refractivity contribution in [1.82, 2.24) is 14.5 Å². The van der Waals surface area contributed by atoms with Gasteiger partial charge in [-0.2, -0.15) is 0 Å². The Morgan fingerprint density at radius 2 is 2.12 bits per heavy atom. The van der Waals surface area contributed by atoms with Gasteiger partial charge in [-0.25, -0.2) is 0 Å². The number of carbonyl (C=O) groups is 2. The van der Waals surface area contributed by atoms with Crippen LogP contribution < -0.4 is 4.74 Å². The van der Waals surface area contributed by atoms with Crippen molar-refractivity contribution in [1.29, 1.82) is 0 Å². The van der Waals surface area contributed by atoms with E-state index in [1.807, 2.05) is 12.1 Å². The Kier molecular flexibility index (Phi) is 4.89. The van der Waals surface area contributed by atoms with Gasteiger partial charge in [0, 0.05) is 19.0 Å². The van der Waals surface area contributed by atoms with Crippen molar-refractivity contribution in [3.05, 3.63) is 40.4 Å². The van der Waals surface area contributed by atoms with Crippen molar-refractivity contribution < 1.29 is 14.3 Å². The largest absolute Gasteiger partial charge is 0.496 e. The fourth-order valence-electron chi connectivity index (χ4n) is 3.02. The van der Waals surface area contributed by atoms with E-state index < -0.39 is 0 Å². The highest BCUT2D eigenvalue weighted by molar-refractivity contribution is 7.07. The number of Topliss-reactive ketones (excluding diaryl/α,β-unsaturated/α-hetero) is 1. The van der Waals surface area contributed by atoms with Gasteiger partial charge in [-0.3, -0.25) is 9.59 Å². The monoisotopic (exact) mass is 345 g/mol. The maximum Gasteiger partial charge on any atom is 0.267 e. The minimum atomic E-state index is -0.208. The maximum absolute atomic E-state index is 12.9. The Balaban J connectivity index is 1.77. The second-order valence-electron chi connectivity index (χ2n) is 5.84. The number of para-hydroxylation sites is 1. The van der Waals surface area contributed by atoms with E-state index in [0.29, 0.717) is 35.0 Å². The lowest BCUT2D eigenvalue weighted by Gasteiger charge is -2.32. The van der Waals surface area contributed by atoms with E-state index in [9.17, 15) is 9.59 Å². The highest BCUT2D eigenvalue weighted by Crippen LogP contribution is 2.27. The molecule has 1 aromatic heterocycles. The van der Waals surface area contributed by atoms with Gasteiger partial charge in [-0.1, -0.05) is 16.6 Å². The van der Waals surface area contributed by atoms with Crippen LogP contribution in [0.15, 0.2) is 24.3 Å². The molecule has 0 aliphatic carbocycles. The van der Waals surface area contributed by atoms with E-state index in [2.05, 4.69) is 9.59 Å². The number of amides is 1. The predicted octanol–water partition coefficient (Wildman–Crippen LogP) is 2.59. The van der Waals surface area contributed by atoms with E-state index in [4.69, 9.17) is 4.74 Å². The molecule has 1 aliphatic heterocycles. The van der Waals surface area contributed by atoms with E-state index in [1.54, 1.807) is 31.1 Å². The van der Waals surface area contributed by atoms with Gasteiger partial charge < -0.3 is 9.64 Å². The number of rotatable bonds is 4. The second-order valence-corrected chi connectivity index (χ2v) is 6.60. The van der Waals surface area contributed by atoms with Gasteiger partial charge in [0.2, 0.25) is 0 Å². The number of aromatic nitrogens is 2. The highest BCUT2D eigenvalue weighted by Gasteiger charge is 2.31. The Morgan fingerprint density at radius 1 is 1.33 bits per heavy atom. The summed E-state index contributed by atoms with van der Waals surface area (Å²) in [7, 11) is 1.56. The van der Waals surface area contributed by atoms with Crippen molar-refractivity contribution in [2.45, 2.75) is 19.8 Å². The molecular weight excluding hydrogens is 326 g/mol. The highest BCUT2D eigenvalue weighted by atomic mass is 32.1. The number of piperidine rings is 1. The Bertz CT molecular complexity index is 759. The summed E-state index contributed by atoms with van der Waals surface area (Å²) in [6.07, 6.45) is 1.59. The molecular formula is C17H19N3O3S. The van der Waals surface area contributed by atoms with Crippen molar-refractivity contribution in [2.24, 2.45) is 5.92 Å². The summed E-state index contributed by atoms with van der Waals surface area (Å²) in [5.41, 5.74) is 1.22. The van der Waals surface area contributed by atoms with Crippen LogP contribution in [0.25, 0.3) is 0 Å². The topological polar surface area (TPSA) is 72.4 Å². The lowest BCUT2D eigenvalue weighted by atomic mass is 9.89. The number of methoxy groups -OCH3 is 1. The molecule has 0 saturated carbocycles. The molecule has 0 radical (unpaired) electrons.